The number of nitrogens with two attached hydrogens (primary N) is 1. The molecule has 2 aromatic heterocycles. The minimum absolute atomic E-state index is 0.00336. The van der Waals surface area contributed by atoms with Gasteiger partial charge in [0.1, 0.15) is 17.4 Å². The van der Waals surface area contributed by atoms with Gasteiger partial charge < -0.3 is 15.4 Å². The van der Waals surface area contributed by atoms with Gasteiger partial charge in [0.2, 0.25) is 0 Å². The molecule has 4 rings (SSSR count). The fourth-order valence-corrected chi connectivity index (χ4v) is 3.35. The highest BCUT2D eigenvalue weighted by molar-refractivity contribution is 5.78. The molecule has 1 amide bonds. The van der Waals surface area contributed by atoms with Crippen molar-refractivity contribution in [2.75, 3.05) is 18.9 Å². The zero-order valence-corrected chi connectivity index (χ0v) is 15.4. The van der Waals surface area contributed by atoms with Gasteiger partial charge in [-0.3, -0.25) is 9.89 Å². The van der Waals surface area contributed by atoms with Crippen molar-refractivity contribution in [1.82, 2.24) is 25.1 Å². The number of piperidine rings is 1. The highest BCUT2D eigenvalue weighted by Crippen LogP contribution is 2.30. The van der Waals surface area contributed by atoms with Gasteiger partial charge >= 0.3 is 0 Å². The molecular weight excluding hydrogens is 356 g/mol. The molecule has 144 valence electrons. The predicted molar refractivity (Wildman–Crippen MR) is 104 cm³/mol. The summed E-state index contributed by atoms with van der Waals surface area (Å²) in [5, 5.41) is 7.28. The zero-order chi connectivity index (χ0) is 19.3. The molecule has 1 atom stereocenters. The third kappa shape index (κ3) is 3.95. The van der Waals surface area contributed by atoms with Crippen molar-refractivity contribution in [1.29, 1.82) is 0 Å². The molecule has 0 saturated carbocycles. The van der Waals surface area contributed by atoms with Gasteiger partial charge in [0.25, 0.3) is 5.91 Å². The number of aromatic nitrogens is 4. The number of nitrogens with one attached hydrogen (secondary N) is 1. The van der Waals surface area contributed by atoms with Gasteiger partial charge in [-0.2, -0.15) is 5.10 Å². The van der Waals surface area contributed by atoms with Crippen LogP contribution >= 0.6 is 0 Å². The van der Waals surface area contributed by atoms with Gasteiger partial charge in [-0.15, -0.1) is 0 Å². The summed E-state index contributed by atoms with van der Waals surface area (Å²) in [4.78, 5) is 23.3. The highest BCUT2D eigenvalue weighted by Gasteiger charge is 2.30. The van der Waals surface area contributed by atoms with E-state index < -0.39 is 0 Å². The maximum atomic E-state index is 12.8. The first-order chi connectivity index (χ1) is 13.7. The Bertz CT molecular complexity index is 925. The number of nitrogen functional groups attached to an aromatic ring is 1. The Kier molecular flexibility index (Phi) is 5.18. The number of likely N-dealkylation sites (tertiary alicyclic amines) is 1. The lowest BCUT2D eigenvalue weighted by Gasteiger charge is -2.34. The van der Waals surface area contributed by atoms with Crippen molar-refractivity contribution in [3.63, 3.8) is 0 Å². The van der Waals surface area contributed by atoms with Crippen molar-refractivity contribution in [3.8, 4) is 17.1 Å². The summed E-state index contributed by atoms with van der Waals surface area (Å²) >= 11 is 0. The number of ether oxygens (including phenoxy) is 1. The molecule has 3 heterocycles. The summed E-state index contributed by atoms with van der Waals surface area (Å²) in [7, 11) is 0. The monoisotopic (exact) mass is 378 g/mol. The maximum Gasteiger partial charge on any atom is 0.261 e. The number of hydrogen-bond acceptors (Lipinski definition) is 6. The van der Waals surface area contributed by atoms with Crippen LogP contribution in [0.3, 0.4) is 0 Å². The minimum Gasteiger partial charge on any atom is -0.484 e. The fraction of sp³-hybridized carbons (Fsp3) is 0.300. The lowest BCUT2D eigenvalue weighted by atomic mass is 10.0. The molecule has 28 heavy (non-hydrogen) atoms. The predicted octanol–water partition coefficient (Wildman–Crippen LogP) is 2.58. The van der Waals surface area contributed by atoms with E-state index >= 15 is 0 Å². The number of nitrogens with zero attached hydrogens (tertiary/aromatic N) is 4. The van der Waals surface area contributed by atoms with E-state index in [1.54, 1.807) is 12.3 Å². The van der Waals surface area contributed by atoms with Gasteiger partial charge in [-0.1, -0.05) is 18.2 Å². The Morgan fingerprint density at radius 3 is 2.86 bits per heavy atom. The first-order valence-electron chi connectivity index (χ1n) is 9.32. The number of carbonyl (C=O) groups excluding carboxylic acids is 1. The summed E-state index contributed by atoms with van der Waals surface area (Å²) in [6.45, 7) is 0.685. The number of anilines is 1. The Morgan fingerprint density at radius 2 is 2.07 bits per heavy atom. The first kappa shape index (κ1) is 18.0. The van der Waals surface area contributed by atoms with Crippen LogP contribution < -0.4 is 10.5 Å². The number of pyridine rings is 1. The van der Waals surface area contributed by atoms with Crippen molar-refractivity contribution in [2.24, 2.45) is 0 Å². The molecule has 0 radical (unpaired) electrons. The summed E-state index contributed by atoms with van der Waals surface area (Å²) in [5.41, 5.74) is 6.41. The molecule has 8 heteroatoms. The molecular formula is C20H22N6O2. The van der Waals surface area contributed by atoms with Gasteiger partial charge in [-0.25, -0.2) is 9.97 Å². The third-order valence-electron chi connectivity index (χ3n) is 4.79. The van der Waals surface area contributed by atoms with E-state index in [0.717, 1.165) is 24.8 Å². The third-order valence-corrected chi connectivity index (χ3v) is 4.79. The van der Waals surface area contributed by atoms with Crippen LogP contribution in [0.15, 0.2) is 48.7 Å². The van der Waals surface area contributed by atoms with E-state index in [9.17, 15) is 4.79 Å². The normalized spacial score (nSPS) is 16.7. The van der Waals surface area contributed by atoms with Crippen molar-refractivity contribution < 1.29 is 9.53 Å². The Hall–Kier alpha value is -3.42. The second-order valence-corrected chi connectivity index (χ2v) is 6.72. The molecule has 1 aliphatic heterocycles. The Balaban J connectivity index is 1.47. The second-order valence-electron chi connectivity index (χ2n) is 6.72. The largest absolute Gasteiger partial charge is 0.484 e. The number of benzene rings is 1. The molecule has 0 bridgehead atoms. The van der Waals surface area contributed by atoms with Crippen LogP contribution in [0.2, 0.25) is 0 Å². The van der Waals surface area contributed by atoms with Crippen molar-refractivity contribution in [3.05, 3.63) is 54.5 Å². The van der Waals surface area contributed by atoms with E-state index in [1.165, 1.54) is 0 Å². The lowest BCUT2D eigenvalue weighted by Crippen LogP contribution is -2.41. The smallest absolute Gasteiger partial charge is 0.261 e. The maximum absolute atomic E-state index is 12.8. The van der Waals surface area contributed by atoms with Crippen LogP contribution in [-0.4, -0.2) is 44.1 Å². The van der Waals surface area contributed by atoms with Crippen molar-refractivity contribution in [2.45, 2.75) is 25.3 Å². The number of amides is 1. The molecule has 0 unspecified atom stereocenters. The number of rotatable bonds is 5. The van der Waals surface area contributed by atoms with Crippen molar-refractivity contribution >= 4 is 11.7 Å². The molecule has 1 fully saturated rings. The standard InChI is InChI=1S/C20H22N6O2/c21-17-10-9-14(12-22-17)19-23-20(25-24-19)16-8-4-5-11-26(16)18(27)13-28-15-6-2-1-3-7-15/h1-3,6-7,9-10,12,16H,4-5,8,11,13H2,(H2,21,22)(H,23,24,25)/t16-/m1/s1. The molecule has 1 saturated heterocycles. The van der Waals surface area contributed by atoms with Crippen LogP contribution in [0.1, 0.15) is 31.1 Å². The van der Waals surface area contributed by atoms with Crippen LogP contribution in [0, 0.1) is 0 Å². The molecule has 0 spiro atoms. The minimum atomic E-state index is -0.136. The average molecular weight is 378 g/mol. The summed E-state index contributed by atoms with van der Waals surface area (Å²) < 4.78 is 5.63. The van der Waals surface area contributed by atoms with Crippen LogP contribution in [0.4, 0.5) is 5.82 Å². The van der Waals surface area contributed by atoms with Crippen LogP contribution in [-0.2, 0) is 4.79 Å². The highest BCUT2D eigenvalue weighted by atomic mass is 16.5. The second kappa shape index (κ2) is 8.08. The molecule has 0 aliphatic carbocycles. The Labute approximate surface area is 162 Å². The number of carbonyl (C=O) groups is 1. The average Bonchev–Trinajstić information content (AvgIpc) is 3.23. The summed E-state index contributed by atoms with van der Waals surface area (Å²) in [6.07, 6.45) is 4.48. The van der Waals surface area contributed by atoms with Gasteiger partial charge in [0, 0.05) is 18.3 Å². The summed E-state index contributed by atoms with van der Waals surface area (Å²) in [6, 6.07) is 12.7. The summed E-state index contributed by atoms with van der Waals surface area (Å²) in [5.74, 6) is 2.30. The molecule has 3 N–H and O–H groups in total. The zero-order valence-electron chi connectivity index (χ0n) is 15.4. The van der Waals surface area contributed by atoms with E-state index in [2.05, 4.69) is 20.2 Å². The van der Waals surface area contributed by atoms with Gasteiger partial charge in [0.15, 0.2) is 12.4 Å². The Morgan fingerprint density at radius 1 is 1.21 bits per heavy atom. The molecule has 3 aromatic rings. The number of aromatic amines is 1. The topological polar surface area (TPSA) is 110 Å². The van der Waals surface area contributed by atoms with E-state index in [-0.39, 0.29) is 18.6 Å². The van der Waals surface area contributed by atoms with Gasteiger partial charge in [-0.05, 0) is 43.5 Å². The van der Waals surface area contributed by atoms with Gasteiger partial charge in [0.05, 0.1) is 6.04 Å². The first-order valence-corrected chi connectivity index (χ1v) is 9.32. The van der Waals surface area contributed by atoms with Crippen LogP contribution in [0.25, 0.3) is 11.4 Å². The van der Waals surface area contributed by atoms with E-state index in [4.69, 9.17) is 10.5 Å². The molecule has 1 aromatic carbocycles. The quantitative estimate of drug-likeness (QED) is 0.706. The number of hydrogen-bond donors (Lipinski definition) is 2. The lowest BCUT2D eigenvalue weighted by molar-refractivity contribution is -0.137. The van der Waals surface area contributed by atoms with E-state index in [0.29, 0.717) is 29.8 Å². The number of para-hydroxylation sites is 1. The SMILES string of the molecule is Nc1ccc(-c2n[nH]c([C@H]3CCCCN3C(=O)COc3ccccc3)n2)cn1. The number of H-pyrrole nitrogens is 1. The molecule has 8 nitrogen and oxygen atoms in total. The van der Waals surface area contributed by atoms with E-state index in [1.807, 2.05) is 41.3 Å². The van der Waals surface area contributed by atoms with Crippen LogP contribution in [0.5, 0.6) is 5.75 Å². The molecule has 1 aliphatic rings. The fourth-order valence-electron chi connectivity index (χ4n) is 3.35.